The Kier molecular flexibility index (Phi) is 6.97. The summed E-state index contributed by atoms with van der Waals surface area (Å²) < 4.78 is 38.1. The second-order valence-corrected chi connectivity index (χ2v) is 8.14. The van der Waals surface area contributed by atoms with E-state index in [1.54, 1.807) is 0 Å². The first-order valence-electron chi connectivity index (χ1n) is 10.2. The lowest BCUT2D eigenvalue weighted by molar-refractivity contribution is -0.872. The zero-order valence-corrected chi connectivity index (χ0v) is 17.4. The highest BCUT2D eigenvalue weighted by Crippen LogP contribution is 2.29. The van der Waals surface area contributed by atoms with Gasteiger partial charge in [0, 0.05) is 24.1 Å². The Balaban J connectivity index is 1.46. The van der Waals surface area contributed by atoms with E-state index in [9.17, 15) is 18.0 Å². The highest BCUT2D eigenvalue weighted by Gasteiger charge is 2.33. The van der Waals surface area contributed by atoms with Gasteiger partial charge in [0.1, 0.15) is 12.7 Å². The molecule has 5 nitrogen and oxygen atoms in total. The summed E-state index contributed by atoms with van der Waals surface area (Å²) in [6.07, 6.45) is -2.02. The van der Waals surface area contributed by atoms with Crippen molar-refractivity contribution in [3.05, 3.63) is 59.3 Å². The molecule has 0 saturated carbocycles. The number of carbonyl (C=O) groups is 1. The third-order valence-corrected chi connectivity index (χ3v) is 5.38. The molecule has 1 aromatic carbocycles. The van der Waals surface area contributed by atoms with Crippen molar-refractivity contribution in [2.75, 3.05) is 32.1 Å². The first-order valence-corrected chi connectivity index (χ1v) is 10.2. The number of pyridine rings is 1. The van der Waals surface area contributed by atoms with Crippen molar-refractivity contribution >= 4 is 11.7 Å². The molecule has 1 amide bonds. The van der Waals surface area contributed by atoms with Crippen LogP contribution in [0.1, 0.15) is 29.5 Å². The molecule has 8 heteroatoms. The quantitative estimate of drug-likeness (QED) is 0.745. The molecule has 3 rings (SSSR count). The second kappa shape index (κ2) is 9.47. The van der Waals surface area contributed by atoms with Crippen LogP contribution in [0.25, 0.3) is 0 Å². The second-order valence-electron chi connectivity index (χ2n) is 8.14. The number of carbonyl (C=O) groups excluding carboxylic acids is 1. The van der Waals surface area contributed by atoms with Crippen molar-refractivity contribution in [3.63, 3.8) is 0 Å². The lowest BCUT2D eigenvalue weighted by Gasteiger charge is -2.27. The van der Waals surface area contributed by atoms with E-state index in [-0.39, 0.29) is 11.8 Å². The number of piperidine rings is 1. The number of H-pyrrole nitrogens is 1. The minimum Gasteiger partial charge on any atom is -0.352 e. The van der Waals surface area contributed by atoms with Gasteiger partial charge in [0.25, 0.3) is 5.82 Å². The van der Waals surface area contributed by atoms with E-state index < -0.39 is 11.7 Å². The van der Waals surface area contributed by atoms with Gasteiger partial charge in [-0.25, -0.2) is 4.98 Å². The van der Waals surface area contributed by atoms with Crippen LogP contribution in [0.5, 0.6) is 0 Å². The number of amides is 1. The Labute approximate surface area is 174 Å². The van der Waals surface area contributed by atoms with Crippen molar-refractivity contribution in [1.29, 1.82) is 0 Å². The van der Waals surface area contributed by atoms with Gasteiger partial charge in [-0.3, -0.25) is 9.69 Å². The number of nitrogens with one attached hydrogen (secondary N) is 3. The number of aromatic amines is 1. The predicted octanol–water partition coefficient (Wildman–Crippen LogP) is 1.70. The van der Waals surface area contributed by atoms with Crippen molar-refractivity contribution in [3.8, 4) is 0 Å². The van der Waals surface area contributed by atoms with E-state index in [1.165, 1.54) is 16.5 Å². The topological polar surface area (TPSA) is 50.9 Å². The van der Waals surface area contributed by atoms with Crippen molar-refractivity contribution in [2.45, 2.75) is 32.1 Å². The minimum atomic E-state index is -4.35. The maximum Gasteiger partial charge on any atom is 0.419 e. The van der Waals surface area contributed by atoms with Gasteiger partial charge in [0.15, 0.2) is 0 Å². The predicted molar refractivity (Wildman–Crippen MR) is 108 cm³/mol. The minimum absolute atomic E-state index is 0.0351. The van der Waals surface area contributed by atoms with Crippen molar-refractivity contribution in [1.82, 2.24) is 5.32 Å². The van der Waals surface area contributed by atoms with E-state index in [4.69, 9.17) is 0 Å². The number of hydrogen-bond donors (Lipinski definition) is 2. The fraction of sp³-hybridized carbons (Fsp3) is 0.455. The average molecular weight is 422 g/mol. The number of nitrogens with zero attached hydrogens (tertiary/aromatic N) is 1. The van der Waals surface area contributed by atoms with Crippen LogP contribution >= 0.6 is 0 Å². The molecule has 162 valence electrons. The molecule has 1 fully saturated rings. The third kappa shape index (κ3) is 5.95. The van der Waals surface area contributed by atoms with E-state index in [0.717, 1.165) is 24.4 Å². The molecule has 1 aliphatic heterocycles. The van der Waals surface area contributed by atoms with Gasteiger partial charge in [0.05, 0.1) is 32.7 Å². The molecule has 0 bridgehead atoms. The number of halogens is 3. The Morgan fingerprint density at radius 2 is 1.73 bits per heavy atom. The summed E-state index contributed by atoms with van der Waals surface area (Å²) in [5, 5.41) is 3.01. The molecule has 2 aromatic rings. The van der Waals surface area contributed by atoms with Gasteiger partial charge in [-0.1, -0.05) is 24.3 Å². The molecule has 1 saturated heterocycles. The summed E-state index contributed by atoms with van der Waals surface area (Å²) in [4.78, 5) is 18.6. The van der Waals surface area contributed by atoms with Gasteiger partial charge < -0.3 is 10.2 Å². The first kappa shape index (κ1) is 22.1. The molecular formula is C22H29F3N4O+2. The smallest absolute Gasteiger partial charge is 0.352 e. The average Bonchev–Trinajstić information content (AvgIpc) is 2.72. The molecule has 30 heavy (non-hydrogen) atoms. The Morgan fingerprint density at radius 1 is 1.10 bits per heavy atom. The first-order chi connectivity index (χ1) is 14.2. The summed E-state index contributed by atoms with van der Waals surface area (Å²) in [5.74, 6) is 0.599. The SMILES string of the molecule is C[NH+](C)Cc1ccc(CNC(=O)C2CCN(c3ccc(C(F)(F)F)c[nH+]3)CC2)cc1. The van der Waals surface area contributed by atoms with E-state index >= 15 is 0 Å². The van der Waals surface area contributed by atoms with Crippen LogP contribution in [0.15, 0.2) is 42.6 Å². The number of benzene rings is 1. The number of rotatable bonds is 6. The largest absolute Gasteiger partial charge is 0.419 e. The van der Waals surface area contributed by atoms with Gasteiger partial charge in [-0.15, -0.1) is 0 Å². The molecule has 0 atom stereocenters. The van der Waals surface area contributed by atoms with Crippen molar-refractivity contribution < 1.29 is 27.8 Å². The maximum atomic E-state index is 12.7. The van der Waals surface area contributed by atoms with Gasteiger partial charge in [-0.05, 0) is 24.5 Å². The zero-order chi connectivity index (χ0) is 21.7. The van der Waals surface area contributed by atoms with Crippen LogP contribution in [0, 0.1) is 5.92 Å². The van der Waals surface area contributed by atoms with Gasteiger partial charge >= 0.3 is 6.18 Å². The van der Waals surface area contributed by atoms with Crippen LogP contribution in [0.2, 0.25) is 0 Å². The lowest BCUT2D eigenvalue weighted by Crippen LogP contribution is -3.04. The molecule has 2 heterocycles. The van der Waals surface area contributed by atoms with E-state index in [1.807, 2.05) is 17.0 Å². The number of quaternary nitrogens is 1. The number of hydrogen-bond acceptors (Lipinski definition) is 2. The number of alkyl halides is 3. The Hall–Kier alpha value is -2.61. The van der Waals surface area contributed by atoms with E-state index in [0.29, 0.717) is 38.3 Å². The fourth-order valence-corrected chi connectivity index (χ4v) is 3.69. The Morgan fingerprint density at radius 3 is 2.27 bits per heavy atom. The van der Waals surface area contributed by atoms with Crippen LogP contribution in [0.4, 0.5) is 19.0 Å². The normalized spacial score (nSPS) is 15.5. The summed E-state index contributed by atoms with van der Waals surface area (Å²) in [5.41, 5.74) is 1.63. The number of anilines is 1. The van der Waals surface area contributed by atoms with E-state index in [2.05, 4.69) is 36.5 Å². The molecule has 0 spiro atoms. The molecule has 1 aliphatic rings. The molecule has 0 aliphatic carbocycles. The van der Waals surface area contributed by atoms with Crippen LogP contribution in [-0.2, 0) is 24.1 Å². The lowest BCUT2D eigenvalue weighted by atomic mass is 9.95. The van der Waals surface area contributed by atoms with Crippen LogP contribution < -0.4 is 20.1 Å². The highest BCUT2D eigenvalue weighted by atomic mass is 19.4. The monoisotopic (exact) mass is 422 g/mol. The summed E-state index contributed by atoms with van der Waals surface area (Å²) in [7, 11) is 4.21. The fourth-order valence-electron chi connectivity index (χ4n) is 3.69. The number of aromatic nitrogens is 1. The Bertz CT molecular complexity index is 827. The molecular weight excluding hydrogens is 393 g/mol. The standard InChI is InChI=1S/C22H27F3N4O/c1-28(2)15-17-5-3-16(4-6-17)13-27-21(30)18-9-11-29(12-10-18)20-8-7-19(14-26-20)22(23,24)25/h3-8,14,18H,9-13,15H2,1-2H3,(H,27,30)/p+2. The van der Waals surface area contributed by atoms with Crippen LogP contribution in [0.3, 0.4) is 0 Å². The molecule has 1 aromatic heterocycles. The van der Waals surface area contributed by atoms with Crippen molar-refractivity contribution in [2.24, 2.45) is 5.92 Å². The van der Waals surface area contributed by atoms with Gasteiger partial charge in [0.2, 0.25) is 5.91 Å². The van der Waals surface area contributed by atoms with Gasteiger partial charge in [-0.2, -0.15) is 13.2 Å². The summed E-state index contributed by atoms with van der Waals surface area (Å²) in [6.45, 7) is 2.71. The maximum absolute atomic E-state index is 12.7. The highest BCUT2D eigenvalue weighted by molar-refractivity contribution is 5.78. The molecule has 3 N–H and O–H groups in total. The molecule has 0 radical (unpaired) electrons. The van der Waals surface area contributed by atoms with Crippen LogP contribution in [-0.4, -0.2) is 33.1 Å². The zero-order valence-electron chi connectivity index (χ0n) is 17.4. The summed E-state index contributed by atoms with van der Waals surface area (Å²) >= 11 is 0. The third-order valence-electron chi connectivity index (χ3n) is 5.38. The summed E-state index contributed by atoms with van der Waals surface area (Å²) in [6, 6.07) is 10.8. The molecule has 0 unspecified atom stereocenters.